The number of nitrogens with zero attached hydrogens (tertiary/aromatic N) is 16. The molecule has 0 spiro atoms. The molecule has 0 bridgehead atoms. The third-order valence-corrected chi connectivity index (χ3v) is 16.6. The molecule has 0 unspecified atom stereocenters. The number of anilines is 4. The number of hydrogen-bond acceptors (Lipinski definition) is 18. The van der Waals surface area contributed by atoms with Crippen LogP contribution < -0.4 is 19.6 Å². The van der Waals surface area contributed by atoms with Crippen LogP contribution in [0.4, 0.5) is 22.7 Å². The molecule has 18 nitrogen and oxygen atoms in total. The second-order valence-electron chi connectivity index (χ2n) is 23.2. The van der Waals surface area contributed by atoms with Crippen LogP contribution >= 0.6 is 0 Å². The standard InChI is InChI=1S/C84H56N16O2/c1-3-101-83-97(65-33-25-57(26-34-65)17-21-61-41-49-89-73(53-61)69-13-5-9-45-85-69)79-80(98(83)66-35-27-58(28-36-66)18-22-62-42-50-90-74(54-62)70-14-6-10-46-86-70)94-77(93-79)78-95-81-82(96-78)100(68-39-31-60(32-40-68)20-24-64-44-52-92-76(56-64)72-16-8-12-48-88-72)84(102-4-2)99(81)67-37-29-59(30-38-67)19-23-63-43-51-91-75(55-63)71-15-7-11-47-87-71/h5-16,25-56,83-84H,3-4H2,1-2H3. The van der Waals surface area contributed by atoms with Crippen LogP contribution in [0.5, 0.6) is 0 Å². The molecule has 0 atom stereocenters. The smallest absolute Gasteiger partial charge is 0.221 e. The Morgan fingerprint density at radius 2 is 0.480 bits per heavy atom. The molecule has 18 heteroatoms. The van der Waals surface area contributed by atoms with Crippen LogP contribution in [-0.2, 0) is 9.47 Å². The zero-order chi connectivity index (χ0) is 68.6. The molecular formula is C84H56N16O2. The Kier molecular flexibility index (Phi) is 17.5. The van der Waals surface area contributed by atoms with Gasteiger partial charge in [0.05, 0.1) is 45.6 Å². The molecule has 0 amide bonds. The Bertz CT molecular complexity index is 4900. The minimum Gasteiger partial charge on any atom is -0.340 e. The van der Waals surface area contributed by atoms with Crippen molar-refractivity contribution in [1.82, 2.24) is 39.9 Å². The number of benzene rings is 4. The van der Waals surface area contributed by atoms with Crippen molar-refractivity contribution in [2.45, 2.75) is 26.6 Å². The molecule has 8 aromatic heterocycles. The predicted molar refractivity (Wildman–Crippen MR) is 397 cm³/mol. The summed E-state index contributed by atoms with van der Waals surface area (Å²) in [6.45, 7) is 4.67. The zero-order valence-electron chi connectivity index (χ0n) is 54.9. The highest BCUT2D eigenvalue weighted by atomic mass is 16.5. The Hall–Kier alpha value is -14.1. The molecular weight excluding hydrogens is 1270 g/mol. The minimum absolute atomic E-state index is 0.294. The monoisotopic (exact) mass is 1320 g/mol. The molecule has 484 valence electrons. The summed E-state index contributed by atoms with van der Waals surface area (Å²) in [4.78, 5) is 65.8. The molecule has 0 aliphatic carbocycles. The Balaban J connectivity index is 0.772. The maximum Gasteiger partial charge on any atom is 0.221 e. The number of fused-ring (bicyclic) bond motifs is 2. The fraction of sp³-hybridized carbons (Fsp3) is 0.0714. The van der Waals surface area contributed by atoms with Crippen LogP contribution in [-0.4, -0.2) is 89.1 Å². The van der Waals surface area contributed by atoms with Crippen LogP contribution in [0.1, 0.15) is 58.4 Å². The molecule has 4 aliphatic rings. The maximum absolute atomic E-state index is 6.74. The highest BCUT2D eigenvalue weighted by Crippen LogP contribution is 2.40. The number of aromatic nitrogens is 8. The largest absolute Gasteiger partial charge is 0.340 e. The van der Waals surface area contributed by atoms with E-state index in [4.69, 9.17) is 29.4 Å². The number of pyridine rings is 8. The summed E-state index contributed by atoms with van der Waals surface area (Å²) < 4.78 is 13.5. The first-order valence-electron chi connectivity index (χ1n) is 32.9. The third kappa shape index (κ3) is 13.3. The van der Waals surface area contributed by atoms with Gasteiger partial charge in [-0.05, 0) is 208 Å². The minimum atomic E-state index is -0.724. The van der Waals surface area contributed by atoms with Gasteiger partial charge in [0, 0.05) is 130 Å². The summed E-state index contributed by atoms with van der Waals surface area (Å²) in [5.41, 5.74) is 15.6. The molecule has 102 heavy (non-hydrogen) atoms. The van der Waals surface area contributed by atoms with E-state index in [0.717, 1.165) is 113 Å². The van der Waals surface area contributed by atoms with Gasteiger partial charge in [-0.2, -0.15) is 0 Å². The molecule has 0 radical (unpaired) electrons. The van der Waals surface area contributed by atoms with E-state index in [1.54, 1.807) is 49.6 Å². The lowest BCUT2D eigenvalue weighted by Gasteiger charge is -2.31. The first kappa shape index (κ1) is 62.7. The van der Waals surface area contributed by atoms with E-state index in [2.05, 4.69) is 87.2 Å². The average Bonchev–Trinajstić information content (AvgIpc) is 1.57. The summed E-state index contributed by atoms with van der Waals surface area (Å²) in [6, 6.07) is 70.4. The number of aliphatic imine (C=N–C) groups is 4. The van der Waals surface area contributed by atoms with Gasteiger partial charge in [0.1, 0.15) is 0 Å². The second-order valence-corrected chi connectivity index (χ2v) is 23.2. The summed E-state index contributed by atoms with van der Waals surface area (Å²) >= 11 is 0. The third-order valence-electron chi connectivity index (χ3n) is 16.6. The van der Waals surface area contributed by atoms with Crippen molar-refractivity contribution in [3.63, 3.8) is 0 Å². The fourth-order valence-electron chi connectivity index (χ4n) is 11.8. The van der Waals surface area contributed by atoms with Crippen LogP contribution in [0.3, 0.4) is 0 Å². The van der Waals surface area contributed by atoms with E-state index < -0.39 is 12.7 Å². The van der Waals surface area contributed by atoms with Crippen molar-refractivity contribution < 1.29 is 9.47 Å². The first-order valence-corrected chi connectivity index (χ1v) is 32.9. The van der Waals surface area contributed by atoms with Crippen LogP contribution in [0.15, 0.2) is 300 Å². The molecule has 2 saturated heterocycles. The van der Waals surface area contributed by atoms with Gasteiger partial charge >= 0.3 is 0 Å². The van der Waals surface area contributed by atoms with E-state index in [9.17, 15) is 0 Å². The first-order chi connectivity index (χ1) is 50.4. The summed E-state index contributed by atoms with van der Waals surface area (Å²) in [6.07, 6.45) is 12.6. The van der Waals surface area contributed by atoms with Gasteiger partial charge in [-0.1, -0.05) is 71.6 Å². The van der Waals surface area contributed by atoms with Crippen molar-refractivity contribution in [2.75, 3.05) is 32.8 Å². The van der Waals surface area contributed by atoms with Gasteiger partial charge in [-0.25, -0.2) is 20.0 Å². The lowest BCUT2D eigenvalue weighted by molar-refractivity contribution is 0.0799. The Morgan fingerprint density at radius 3 is 0.696 bits per heavy atom. The van der Waals surface area contributed by atoms with Gasteiger partial charge in [0.15, 0.2) is 23.3 Å². The van der Waals surface area contributed by atoms with E-state index in [1.165, 1.54) is 0 Å². The highest BCUT2D eigenvalue weighted by Gasteiger charge is 2.49. The summed E-state index contributed by atoms with van der Waals surface area (Å²) in [5.74, 6) is 29.5. The maximum atomic E-state index is 6.74. The summed E-state index contributed by atoms with van der Waals surface area (Å²) in [7, 11) is 0. The molecule has 12 aromatic rings. The van der Waals surface area contributed by atoms with E-state index >= 15 is 0 Å². The van der Waals surface area contributed by atoms with Crippen molar-refractivity contribution >= 4 is 46.1 Å². The normalized spacial score (nSPS) is 13.7. The zero-order valence-corrected chi connectivity index (χ0v) is 54.9. The summed E-state index contributed by atoms with van der Waals surface area (Å²) in [5, 5.41) is 0. The van der Waals surface area contributed by atoms with Crippen LogP contribution in [0.2, 0.25) is 0 Å². The number of amidine groups is 4. The van der Waals surface area contributed by atoms with Crippen molar-refractivity contribution in [2.24, 2.45) is 20.0 Å². The number of ether oxygens (including phenoxy) is 2. The second kappa shape index (κ2) is 28.5. The van der Waals surface area contributed by atoms with Gasteiger partial charge in [-0.15, -0.1) is 0 Å². The molecule has 4 aliphatic heterocycles. The SMILES string of the molecule is CCOC1N(c2ccc(C#Cc3ccnc(-c4ccccn4)c3)cc2)C2=NC(=C3N=C4C(=N3)N(c3ccc(C#Cc5ccnc(-c6ccccn6)c5)cc3)C(OCC)N4c3ccc(C#Cc4ccnc(-c5ccccn5)c4)cc3)N=C2N1c1ccc(C#Cc2ccnc(-c3ccccn3)c2)cc1. The Morgan fingerprint density at radius 1 is 0.255 bits per heavy atom. The van der Waals surface area contributed by atoms with E-state index in [1.807, 2.05) is 252 Å². The number of hydrogen-bond donors (Lipinski definition) is 0. The van der Waals surface area contributed by atoms with Crippen molar-refractivity contribution in [3.05, 3.63) is 324 Å². The van der Waals surface area contributed by atoms with E-state index in [0.29, 0.717) is 48.2 Å². The van der Waals surface area contributed by atoms with Crippen LogP contribution in [0, 0.1) is 47.4 Å². The van der Waals surface area contributed by atoms with Crippen molar-refractivity contribution in [3.8, 4) is 92.9 Å². The molecule has 12 heterocycles. The predicted octanol–water partition coefficient (Wildman–Crippen LogP) is 13.9. The topological polar surface area (TPSA) is 184 Å². The quantitative estimate of drug-likeness (QED) is 0.105. The van der Waals surface area contributed by atoms with Gasteiger partial charge < -0.3 is 9.47 Å². The van der Waals surface area contributed by atoms with Gasteiger partial charge in [0.2, 0.25) is 24.3 Å². The molecule has 2 fully saturated rings. The molecule has 0 N–H and O–H groups in total. The van der Waals surface area contributed by atoms with Gasteiger partial charge in [-0.3, -0.25) is 59.5 Å². The van der Waals surface area contributed by atoms with Gasteiger partial charge in [0.25, 0.3) is 0 Å². The van der Waals surface area contributed by atoms with Crippen molar-refractivity contribution in [1.29, 1.82) is 0 Å². The molecule has 0 saturated carbocycles. The highest BCUT2D eigenvalue weighted by molar-refractivity contribution is 6.55. The lowest BCUT2D eigenvalue weighted by Crippen LogP contribution is -2.43. The average molecular weight is 1320 g/mol. The van der Waals surface area contributed by atoms with E-state index in [-0.39, 0.29) is 0 Å². The molecule has 16 rings (SSSR count). The Labute approximate surface area is 588 Å². The fourth-order valence-corrected chi connectivity index (χ4v) is 11.8. The molecule has 4 aromatic carbocycles. The lowest BCUT2D eigenvalue weighted by atomic mass is 10.1. The van der Waals surface area contributed by atoms with Crippen LogP contribution in [0.25, 0.3) is 45.6 Å². The number of rotatable bonds is 12.